The molecule has 1 aliphatic carbocycles. The standard InChI is InChI=1S/C9H17NO2/c11-5-9(6-12)1-7-3-10-4-8(7)2-9/h7-8,10-12H,1-6H2. The van der Waals surface area contributed by atoms with Gasteiger partial charge in [0.1, 0.15) is 0 Å². The maximum atomic E-state index is 9.19. The number of rotatable bonds is 2. The van der Waals surface area contributed by atoms with E-state index in [1.807, 2.05) is 0 Å². The van der Waals surface area contributed by atoms with Gasteiger partial charge in [0, 0.05) is 5.41 Å². The molecule has 2 unspecified atom stereocenters. The molecule has 0 aromatic rings. The van der Waals surface area contributed by atoms with Crippen LogP contribution in [0.3, 0.4) is 0 Å². The number of aliphatic hydroxyl groups is 2. The third kappa shape index (κ3) is 1.16. The van der Waals surface area contributed by atoms with Gasteiger partial charge in [0.2, 0.25) is 0 Å². The lowest BCUT2D eigenvalue weighted by Gasteiger charge is -2.24. The summed E-state index contributed by atoms with van der Waals surface area (Å²) in [5, 5.41) is 21.7. The molecule has 0 radical (unpaired) electrons. The van der Waals surface area contributed by atoms with Gasteiger partial charge in [-0.25, -0.2) is 0 Å². The molecule has 2 aliphatic rings. The zero-order valence-corrected chi connectivity index (χ0v) is 7.29. The van der Waals surface area contributed by atoms with Gasteiger partial charge in [-0.2, -0.15) is 0 Å². The second-order valence-electron chi connectivity index (χ2n) is 4.40. The smallest absolute Gasteiger partial charge is 0.0509 e. The van der Waals surface area contributed by atoms with Crippen LogP contribution in [0, 0.1) is 17.3 Å². The van der Waals surface area contributed by atoms with Gasteiger partial charge in [-0.1, -0.05) is 0 Å². The Bertz CT molecular complexity index is 154. The highest BCUT2D eigenvalue weighted by molar-refractivity contribution is 4.97. The molecule has 3 N–H and O–H groups in total. The zero-order chi connectivity index (χ0) is 8.60. The quantitative estimate of drug-likeness (QED) is 0.529. The number of aliphatic hydroxyl groups excluding tert-OH is 2. The van der Waals surface area contributed by atoms with Crippen LogP contribution >= 0.6 is 0 Å². The Morgan fingerprint density at radius 2 is 1.58 bits per heavy atom. The van der Waals surface area contributed by atoms with Crippen molar-refractivity contribution in [3.8, 4) is 0 Å². The lowest BCUT2D eigenvalue weighted by Crippen LogP contribution is -2.29. The van der Waals surface area contributed by atoms with Gasteiger partial charge >= 0.3 is 0 Å². The topological polar surface area (TPSA) is 52.5 Å². The lowest BCUT2D eigenvalue weighted by atomic mass is 9.86. The Kier molecular flexibility index (Phi) is 2.10. The molecule has 1 saturated heterocycles. The van der Waals surface area contributed by atoms with E-state index < -0.39 is 0 Å². The summed E-state index contributed by atoms with van der Waals surface area (Å²) in [6.07, 6.45) is 2.00. The van der Waals surface area contributed by atoms with Gasteiger partial charge in [-0.3, -0.25) is 0 Å². The fraction of sp³-hybridized carbons (Fsp3) is 1.00. The number of hydrogen-bond donors (Lipinski definition) is 3. The highest BCUT2D eigenvalue weighted by Gasteiger charge is 2.46. The molecule has 12 heavy (non-hydrogen) atoms. The predicted molar refractivity (Wildman–Crippen MR) is 45.7 cm³/mol. The fourth-order valence-electron chi connectivity index (χ4n) is 2.77. The summed E-state index contributed by atoms with van der Waals surface area (Å²) in [6, 6.07) is 0. The van der Waals surface area contributed by atoms with E-state index in [1.54, 1.807) is 0 Å². The van der Waals surface area contributed by atoms with Crippen molar-refractivity contribution in [2.45, 2.75) is 12.8 Å². The van der Waals surface area contributed by atoms with Crippen LogP contribution in [-0.2, 0) is 0 Å². The first-order chi connectivity index (χ1) is 5.79. The highest BCUT2D eigenvalue weighted by atomic mass is 16.3. The third-order valence-electron chi connectivity index (χ3n) is 3.54. The van der Waals surface area contributed by atoms with Gasteiger partial charge in [0.05, 0.1) is 13.2 Å². The summed E-state index contributed by atoms with van der Waals surface area (Å²) in [4.78, 5) is 0. The molecule has 0 amide bonds. The number of nitrogens with one attached hydrogen (secondary N) is 1. The predicted octanol–water partition coefficient (Wildman–Crippen LogP) is -0.413. The van der Waals surface area contributed by atoms with Gasteiger partial charge in [0.25, 0.3) is 0 Å². The Morgan fingerprint density at radius 3 is 2.00 bits per heavy atom. The maximum absolute atomic E-state index is 9.19. The van der Waals surface area contributed by atoms with Crippen molar-refractivity contribution in [3.05, 3.63) is 0 Å². The van der Waals surface area contributed by atoms with Crippen molar-refractivity contribution in [1.82, 2.24) is 5.32 Å². The van der Waals surface area contributed by atoms with E-state index in [9.17, 15) is 10.2 Å². The van der Waals surface area contributed by atoms with E-state index in [4.69, 9.17) is 0 Å². The number of fused-ring (bicyclic) bond motifs is 1. The Hall–Kier alpha value is -0.120. The maximum Gasteiger partial charge on any atom is 0.0509 e. The Labute approximate surface area is 72.8 Å². The largest absolute Gasteiger partial charge is 0.396 e. The van der Waals surface area contributed by atoms with Crippen molar-refractivity contribution in [2.24, 2.45) is 17.3 Å². The van der Waals surface area contributed by atoms with Crippen LogP contribution in [0.2, 0.25) is 0 Å². The molecule has 3 heteroatoms. The van der Waals surface area contributed by atoms with E-state index in [2.05, 4.69) is 5.32 Å². The fourth-order valence-corrected chi connectivity index (χ4v) is 2.77. The summed E-state index contributed by atoms with van der Waals surface area (Å²) < 4.78 is 0. The summed E-state index contributed by atoms with van der Waals surface area (Å²) in [5.74, 6) is 1.40. The summed E-state index contributed by atoms with van der Waals surface area (Å²) in [5.41, 5.74) is -0.155. The average Bonchev–Trinajstić information content (AvgIpc) is 2.61. The molecule has 1 saturated carbocycles. The summed E-state index contributed by atoms with van der Waals surface area (Å²) in [6.45, 7) is 2.45. The van der Waals surface area contributed by atoms with Crippen LogP contribution < -0.4 is 5.32 Å². The summed E-state index contributed by atoms with van der Waals surface area (Å²) in [7, 11) is 0. The molecule has 70 valence electrons. The molecular weight excluding hydrogens is 154 g/mol. The molecule has 2 atom stereocenters. The minimum absolute atomic E-state index is 0.149. The lowest BCUT2D eigenvalue weighted by molar-refractivity contribution is 0.0537. The first-order valence-corrected chi connectivity index (χ1v) is 4.72. The first-order valence-electron chi connectivity index (χ1n) is 4.72. The zero-order valence-electron chi connectivity index (χ0n) is 7.29. The molecule has 1 aliphatic heterocycles. The van der Waals surface area contributed by atoms with Crippen molar-refractivity contribution >= 4 is 0 Å². The van der Waals surface area contributed by atoms with E-state index in [0.717, 1.165) is 25.9 Å². The van der Waals surface area contributed by atoms with Crippen LogP contribution in [0.4, 0.5) is 0 Å². The molecule has 3 nitrogen and oxygen atoms in total. The summed E-state index contributed by atoms with van der Waals surface area (Å²) >= 11 is 0. The molecular formula is C9H17NO2. The average molecular weight is 171 g/mol. The molecule has 2 rings (SSSR count). The SMILES string of the molecule is OCC1(CO)CC2CNCC2C1. The van der Waals surface area contributed by atoms with Crippen LogP contribution in [0.25, 0.3) is 0 Å². The first kappa shape index (κ1) is 8.48. The minimum Gasteiger partial charge on any atom is -0.396 e. The molecule has 1 heterocycles. The normalized spacial score (nSPS) is 38.5. The van der Waals surface area contributed by atoms with Crippen molar-refractivity contribution in [3.63, 3.8) is 0 Å². The number of hydrogen-bond acceptors (Lipinski definition) is 3. The molecule has 2 fully saturated rings. The second kappa shape index (κ2) is 2.98. The van der Waals surface area contributed by atoms with Crippen LogP contribution in [0.15, 0.2) is 0 Å². The van der Waals surface area contributed by atoms with Crippen molar-refractivity contribution in [1.29, 1.82) is 0 Å². The molecule has 0 bridgehead atoms. The van der Waals surface area contributed by atoms with Crippen LogP contribution in [0.5, 0.6) is 0 Å². The van der Waals surface area contributed by atoms with Gasteiger partial charge in [0.15, 0.2) is 0 Å². The second-order valence-corrected chi connectivity index (χ2v) is 4.40. The Morgan fingerprint density at radius 1 is 1.08 bits per heavy atom. The van der Waals surface area contributed by atoms with E-state index in [0.29, 0.717) is 11.8 Å². The van der Waals surface area contributed by atoms with Gasteiger partial charge in [-0.05, 0) is 37.8 Å². The Balaban J connectivity index is 2.05. The van der Waals surface area contributed by atoms with Crippen LogP contribution in [-0.4, -0.2) is 36.5 Å². The van der Waals surface area contributed by atoms with Crippen LogP contribution in [0.1, 0.15) is 12.8 Å². The molecule has 0 aromatic carbocycles. The van der Waals surface area contributed by atoms with Crippen molar-refractivity contribution < 1.29 is 10.2 Å². The van der Waals surface area contributed by atoms with Gasteiger partial charge in [-0.15, -0.1) is 0 Å². The van der Waals surface area contributed by atoms with Crippen molar-refractivity contribution in [2.75, 3.05) is 26.3 Å². The monoisotopic (exact) mass is 171 g/mol. The minimum atomic E-state index is -0.155. The van der Waals surface area contributed by atoms with Gasteiger partial charge < -0.3 is 15.5 Å². The molecule has 0 aromatic heterocycles. The van der Waals surface area contributed by atoms with E-state index >= 15 is 0 Å². The van der Waals surface area contributed by atoms with E-state index in [1.165, 1.54) is 0 Å². The molecule has 0 spiro atoms. The van der Waals surface area contributed by atoms with E-state index in [-0.39, 0.29) is 18.6 Å². The third-order valence-corrected chi connectivity index (χ3v) is 3.54. The highest BCUT2D eigenvalue weighted by Crippen LogP contribution is 2.46.